The Morgan fingerprint density at radius 3 is 2.94 bits per heavy atom. The van der Waals surface area contributed by atoms with Crippen LogP contribution in [0.25, 0.3) is 0 Å². The Morgan fingerprint density at radius 1 is 1.56 bits per heavy atom. The first-order chi connectivity index (χ1) is 7.70. The van der Waals surface area contributed by atoms with Crippen LogP contribution < -0.4 is 11.1 Å². The second kappa shape index (κ2) is 4.80. The Bertz CT molecular complexity index is 337. The number of rotatable bonds is 4. The minimum absolute atomic E-state index is 0.166. The quantitative estimate of drug-likeness (QED) is 0.804. The van der Waals surface area contributed by atoms with Crippen molar-refractivity contribution in [2.24, 2.45) is 5.73 Å². The van der Waals surface area contributed by atoms with Crippen molar-refractivity contribution in [3.8, 4) is 0 Å². The van der Waals surface area contributed by atoms with E-state index in [-0.39, 0.29) is 18.2 Å². The van der Waals surface area contributed by atoms with Gasteiger partial charge in [0.2, 0.25) is 0 Å². The molecule has 4 nitrogen and oxygen atoms in total. The second-order valence-electron chi connectivity index (χ2n) is 4.28. The molecule has 0 spiro atoms. The van der Waals surface area contributed by atoms with Crippen LogP contribution in [0, 0.1) is 6.92 Å². The van der Waals surface area contributed by atoms with Crippen molar-refractivity contribution in [1.82, 2.24) is 4.98 Å². The standard InChI is InChI=1S/C12H19N3O/c1-3-16-10-6-9(13)12(10)15-11-5-4-8(2)7-14-11/h4-5,7,9-10,12H,3,6,13H2,1-2H3,(H,14,15). The predicted molar refractivity (Wildman–Crippen MR) is 64.4 cm³/mol. The van der Waals surface area contributed by atoms with E-state index in [1.54, 1.807) is 0 Å². The van der Waals surface area contributed by atoms with Gasteiger partial charge >= 0.3 is 0 Å². The fourth-order valence-corrected chi connectivity index (χ4v) is 1.95. The average molecular weight is 221 g/mol. The lowest BCUT2D eigenvalue weighted by atomic mass is 9.83. The lowest BCUT2D eigenvalue weighted by Crippen LogP contribution is -2.60. The Balaban J connectivity index is 1.95. The highest BCUT2D eigenvalue weighted by atomic mass is 16.5. The van der Waals surface area contributed by atoms with Crippen molar-refractivity contribution in [1.29, 1.82) is 0 Å². The molecule has 1 aromatic heterocycles. The molecule has 0 bridgehead atoms. The molecule has 1 heterocycles. The lowest BCUT2D eigenvalue weighted by Gasteiger charge is -2.42. The summed E-state index contributed by atoms with van der Waals surface area (Å²) in [5.74, 6) is 0.871. The maximum absolute atomic E-state index is 5.95. The first-order valence-electron chi connectivity index (χ1n) is 5.77. The molecule has 3 N–H and O–H groups in total. The van der Waals surface area contributed by atoms with Crippen molar-refractivity contribution >= 4 is 5.82 Å². The molecular weight excluding hydrogens is 202 g/mol. The van der Waals surface area contributed by atoms with E-state index in [2.05, 4.69) is 10.3 Å². The van der Waals surface area contributed by atoms with Gasteiger partial charge in [-0.1, -0.05) is 6.07 Å². The Hall–Kier alpha value is -1.13. The number of hydrogen-bond donors (Lipinski definition) is 2. The summed E-state index contributed by atoms with van der Waals surface area (Å²) in [6.45, 7) is 4.76. The monoisotopic (exact) mass is 221 g/mol. The summed E-state index contributed by atoms with van der Waals surface area (Å²) in [5.41, 5.74) is 7.11. The molecule has 1 aromatic rings. The highest BCUT2D eigenvalue weighted by Crippen LogP contribution is 2.25. The van der Waals surface area contributed by atoms with Crippen LogP contribution in [0.4, 0.5) is 5.82 Å². The molecule has 88 valence electrons. The van der Waals surface area contributed by atoms with Crippen molar-refractivity contribution in [2.75, 3.05) is 11.9 Å². The molecule has 4 heteroatoms. The molecule has 2 rings (SSSR count). The van der Waals surface area contributed by atoms with E-state index >= 15 is 0 Å². The van der Waals surface area contributed by atoms with E-state index in [0.717, 1.165) is 24.4 Å². The van der Waals surface area contributed by atoms with Gasteiger partial charge in [0.15, 0.2) is 0 Å². The average Bonchev–Trinajstić information content (AvgIpc) is 2.28. The number of nitrogens with two attached hydrogens (primary N) is 1. The highest BCUT2D eigenvalue weighted by Gasteiger charge is 2.39. The van der Waals surface area contributed by atoms with E-state index < -0.39 is 0 Å². The van der Waals surface area contributed by atoms with Crippen LogP contribution in [0.1, 0.15) is 18.9 Å². The van der Waals surface area contributed by atoms with Gasteiger partial charge in [-0.3, -0.25) is 0 Å². The molecule has 0 aromatic carbocycles. The van der Waals surface area contributed by atoms with Crippen molar-refractivity contribution in [3.63, 3.8) is 0 Å². The summed E-state index contributed by atoms with van der Waals surface area (Å²) in [7, 11) is 0. The van der Waals surface area contributed by atoms with Crippen LogP contribution >= 0.6 is 0 Å². The molecule has 1 aliphatic rings. The smallest absolute Gasteiger partial charge is 0.126 e. The molecule has 16 heavy (non-hydrogen) atoms. The number of pyridine rings is 1. The second-order valence-corrected chi connectivity index (χ2v) is 4.28. The van der Waals surface area contributed by atoms with Gasteiger partial charge in [0, 0.05) is 18.8 Å². The fourth-order valence-electron chi connectivity index (χ4n) is 1.95. The topological polar surface area (TPSA) is 60.2 Å². The van der Waals surface area contributed by atoms with E-state index in [4.69, 9.17) is 10.5 Å². The van der Waals surface area contributed by atoms with Gasteiger partial charge in [0.1, 0.15) is 5.82 Å². The summed E-state index contributed by atoms with van der Waals surface area (Å²) in [6, 6.07) is 4.37. The van der Waals surface area contributed by atoms with Crippen LogP contribution in [0.5, 0.6) is 0 Å². The molecule has 3 unspecified atom stereocenters. The number of aryl methyl sites for hydroxylation is 1. The Labute approximate surface area is 96.2 Å². The number of ether oxygens (including phenoxy) is 1. The third-order valence-corrected chi connectivity index (χ3v) is 2.97. The fraction of sp³-hybridized carbons (Fsp3) is 0.583. The zero-order valence-corrected chi connectivity index (χ0v) is 9.81. The summed E-state index contributed by atoms with van der Waals surface area (Å²) in [4.78, 5) is 4.31. The van der Waals surface area contributed by atoms with E-state index in [9.17, 15) is 0 Å². The van der Waals surface area contributed by atoms with Gasteiger partial charge in [-0.2, -0.15) is 0 Å². The summed E-state index contributed by atoms with van der Waals surface area (Å²) in [6.07, 6.45) is 3.00. The molecule has 0 amide bonds. The molecule has 0 radical (unpaired) electrons. The summed E-state index contributed by atoms with van der Waals surface area (Å²) >= 11 is 0. The largest absolute Gasteiger partial charge is 0.376 e. The van der Waals surface area contributed by atoms with E-state index in [0.29, 0.717) is 0 Å². The van der Waals surface area contributed by atoms with Gasteiger partial charge < -0.3 is 15.8 Å². The number of aromatic nitrogens is 1. The SMILES string of the molecule is CCOC1CC(N)C1Nc1ccc(C)cn1. The third-order valence-electron chi connectivity index (χ3n) is 2.97. The maximum atomic E-state index is 5.95. The van der Waals surface area contributed by atoms with Gasteiger partial charge in [0.05, 0.1) is 12.1 Å². The van der Waals surface area contributed by atoms with Gasteiger partial charge in [-0.05, 0) is 31.9 Å². The van der Waals surface area contributed by atoms with Crippen LogP contribution in [-0.2, 0) is 4.74 Å². The number of anilines is 1. The molecular formula is C12H19N3O. The first kappa shape index (κ1) is 11.4. The minimum Gasteiger partial charge on any atom is -0.376 e. The minimum atomic E-state index is 0.166. The van der Waals surface area contributed by atoms with Gasteiger partial charge in [-0.25, -0.2) is 4.98 Å². The molecule has 1 saturated carbocycles. The zero-order valence-electron chi connectivity index (χ0n) is 9.81. The molecule has 1 aliphatic carbocycles. The van der Waals surface area contributed by atoms with Crippen molar-refractivity contribution in [2.45, 2.75) is 38.5 Å². The van der Waals surface area contributed by atoms with Crippen LogP contribution in [0.3, 0.4) is 0 Å². The normalized spacial score (nSPS) is 28.6. The van der Waals surface area contributed by atoms with E-state index in [1.807, 2.05) is 32.2 Å². The van der Waals surface area contributed by atoms with Crippen LogP contribution in [-0.4, -0.2) is 29.8 Å². The lowest BCUT2D eigenvalue weighted by molar-refractivity contribution is -0.0127. The van der Waals surface area contributed by atoms with Crippen molar-refractivity contribution < 1.29 is 4.74 Å². The predicted octanol–water partition coefficient (Wildman–Crippen LogP) is 1.31. The Kier molecular flexibility index (Phi) is 3.41. The molecule has 3 atom stereocenters. The summed E-state index contributed by atoms with van der Waals surface area (Å²) < 4.78 is 5.59. The van der Waals surface area contributed by atoms with Crippen LogP contribution in [0.2, 0.25) is 0 Å². The van der Waals surface area contributed by atoms with E-state index in [1.165, 1.54) is 0 Å². The molecule has 0 aliphatic heterocycles. The Morgan fingerprint density at radius 2 is 2.38 bits per heavy atom. The van der Waals surface area contributed by atoms with Gasteiger partial charge in [-0.15, -0.1) is 0 Å². The van der Waals surface area contributed by atoms with Crippen molar-refractivity contribution in [3.05, 3.63) is 23.9 Å². The van der Waals surface area contributed by atoms with Gasteiger partial charge in [0.25, 0.3) is 0 Å². The first-order valence-corrected chi connectivity index (χ1v) is 5.77. The van der Waals surface area contributed by atoms with Crippen LogP contribution in [0.15, 0.2) is 18.3 Å². The molecule has 1 fully saturated rings. The maximum Gasteiger partial charge on any atom is 0.126 e. The highest BCUT2D eigenvalue weighted by molar-refractivity contribution is 5.38. The molecule has 0 saturated heterocycles. The third kappa shape index (κ3) is 2.33. The number of hydrogen-bond acceptors (Lipinski definition) is 4. The summed E-state index contributed by atoms with van der Waals surface area (Å²) in [5, 5.41) is 3.33. The number of nitrogens with one attached hydrogen (secondary N) is 1. The number of nitrogens with zero attached hydrogens (tertiary/aromatic N) is 1. The zero-order chi connectivity index (χ0) is 11.5.